The summed E-state index contributed by atoms with van der Waals surface area (Å²) in [5.41, 5.74) is 2.06. The van der Waals surface area contributed by atoms with Gasteiger partial charge in [-0.2, -0.15) is 0 Å². The number of fused-ring (bicyclic) bond motifs is 1. The van der Waals surface area contributed by atoms with Crippen molar-refractivity contribution in [1.82, 2.24) is 19.7 Å². The van der Waals surface area contributed by atoms with E-state index in [0.29, 0.717) is 23.1 Å². The van der Waals surface area contributed by atoms with Crippen molar-refractivity contribution in [1.29, 1.82) is 0 Å². The highest BCUT2D eigenvalue weighted by molar-refractivity contribution is 7.98. The summed E-state index contributed by atoms with van der Waals surface area (Å²) in [6.45, 7) is 0. The summed E-state index contributed by atoms with van der Waals surface area (Å²) >= 11 is 1.58. The van der Waals surface area contributed by atoms with Gasteiger partial charge in [0.1, 0.15) is 11.3 Å². The molecule has 0 atom stereocenters. The average Bonchev–Trinajstić information content (AvgIpc) is 3.50. The fourth-order valence-corrected chi connectivity index (χ4v) is 4.33. The molecule has 0 amide bonds. The van der Waals surface area contributed by atoms with Crippen LogP contribution in [0.4, 0.5) is 0 Å². The molecule has 0 radical (unpaired) electrons. The smallest absolute Gasteiger partial charge is 0.336 e. The molecule has 0 aliphatic heterocycles. The van der Waals surface area contributed by atoms with Gasteiger partial charge in [0.2, 0.25) is 0 Å². The Morgan fingerprint density at radius 3 is 2.76 bits per heavy atom. The van der Waals surface area contributed by atoms with Crippen LogP contribution in [0, 0.1) is 0 Å². The fourth-order valence-electron chi connectivity index (χ4n) is 3.33. The Bertz CT molecular complexity index is 1230. The Kier molecular flexibility index (Phi) is 4.55. The first kappa shape index (κ1) is 17.9. The number of rotatable bonds is 6. The van der Waals surface area contributed by atoms with Crippen LogP contribution in [0.3, 0.4) is 0 Å². The molecule has 5 rings (SSSR count). The van der Waals surface area contributed by atoms with Gasteiger partial charge in [-0.3, -0.25) is 9.55 Å². The lowest BCUT2D eigenvalue weighted by molar-refractivity contribution is 0.414. The Balaban J connectivity index is 1.48. The topological polar surface area (TPSA) is 83.0 Å². The maximum Gasteiger partial charge on any atom is 0.336 e. The number of methoxy groups -OCH3 is 1. The van der Waals surface area contributed by atoms with E-state index in [1.807, 2.05) is 24.3 Å². The van der Waals surface area contributed by atoms with Crippen molar-refractivity contribution in [3.8, 4) is 17.1 Å². The summed E-state index contributed by atoms with van der Waals surface area (Å²) in [6, 6.07) is 11.4. The van der Waals surface area contributed by atoms with Crippen molar-refractivity contribution in [3.63, 3.8) is 0 Å². The minimum Gasteiger partial charge on any atom is -0.497 e. The molecule has 0 bridgehead atoms. The van der Waals surface area contributed by atoms with E-state index in [0.717, 1.165) is 40.3 Å². The van der Waals surface area contributed by atoms with Crippen molar-refractivity contribution in [2.75, 3.05) is 7.11 Å². The number of ether oxygens (including phenoxy) is 1. The van der Waals surface area contributed by atoms with Gasteiger partial charge in [0, 0.05) is 47.3 Å². The molecule has 0 spiro atoms. The van der Waals surface area contributed by atoms with Crippen LogP contribution < -0.4 is 10.4 Å². The largest absolute Gasteiger partial charge is 0.497 e. The fraction of sp³-hybridized carbons (Fsp3) is 0.238. The number of pyridine rings is 1. The molecule has 146 valence electrons. The predicted octanol–water partition coefficient (Wildman–Crippen LogP) is 4.08. The van der Waals surface area contributed by atoms with Gasteiger partial charge in [-0.1, -0.05) is 11.8 Å². The van der Waals surface area contributed by atoms with Crippen LogP contribution in [0.5, 0.6) is 5.75 Å². The molecule has 1 fully saturated rings. The average molecular weight is 406 g/mol. The van der Waals surface area contributed by atoms with Gasteiger partial charge in [0.05, 0.1) is 7.11 Å². The van der Waals surface area contributed by atoms with Gasteiger partial charge in [-0.25, -0.2) is 4.79 Å². The van der Waals surface area contributed by atoms with Crippen LogP contribution in [-0.2, 0) is 5.75 Å². The third-order valence-corrected chi connectivity index (χ3v) is 5.90. The molecule has 0 unspecified atom stereocenters. The number of thioether (sulfide) groups is 1. The lowest BCUT2D eigenvalue weighted by Crippen LogP contribution is -2.02. The zero-order chi connectivity index (χ0) is 19.8. The Hall–Kier alpha value is -3.13. The van der Waals surface area contributed by atoms with Gasteiger partial charge in [-0.15, -0.1) is 10.2 Å². The Morgan fingerprint density at radius 2 is 2.00 bits per heavy atom. The van der Waals surface area contributed by atoms with Crippen molar-refractivity contribution < 1.29 is 9.15 Å². The molecule has 1 aliphatic rings. The van der Waals surface area contributed by atoms with Crippen LogP contribution in [0.25, 0.3) is 22.4 Å². The van der Waals surface area contributed by atoms with Crippen LogP contribution in [0.15, 0.2) is 63.2 Å². The third-order valence-electron chi connectivity index (χ3n) is 4.91. The SMILES string of the molecule is COc1ccc2c(CSc3nnc(-c4ccncc4)n3C3CC3)cc(=O)oc2c1. The number of hydrogen-bond acceptors (Lipinski definition) is 7. The lowest BCUT2D eigenvalue weighted by Gasteiger charge is -2.10. The first-order valence-electron chi connectivity index (χ1n) is 9.32. The van der Waals surface area contributed by atoms with Gasteiger partial charge < -0.3 is 9.15 Å². The van der Waals surface area contributed by atoms with E-state index in [9.17, 15) is 4.79 Å². The van der Waals surface area contributed by atoms with Crippen molar-refractivity contribution in [2.24, 2.45) is 0 Å². The minimum absolute atomic E-state index is 0.373. The van der Waals surface area contributed by atoms with E-state index in [-0.39, 0.29) is 5.63 Å². The minimum atomic E-state index is -0.373. The van der Waals surface area contributed by atoms with Crippen LogP contribution >= 0.6 is 11.8 Å². The number of nitrogens with zero attached hydrogens (tertiary/aromatic N) is 4. The van der Waals surface area contributed by atoms with Crippen molar-refractivity contribution in [2.45, 2.75) is 29.8 Å². The number of aromatic nitrogens is 4. The molecule has 1 saturated carbocycles. The maximum absolute atomic E-state index is 12.0. The second-order valence-electron chi connectivity index (χ2n) is 6.88. The third kappa shape index (κ3) is 3.51. The maximum atomic E-state index is 12.0. The van der Waals surface area contributed by atoms with Crippen LogP contribution in [-0.4, -0.2) is 26.9 Å². The number of hydrogen-bond donors (Lipinski definition) is 0. The Morgan fingerprint density at radius 1 is 1.17 bits per heavy atom. The molecule has 3 aromatic heterocycles. The summed E-state index contributed by atoms with van der Waals surface area (Å²) in [5, 5.41) is 10.6. The zero-order valence-corrected chi connectivity index (χ0v) is 16.6. The monoisotopic (exact) mass is 406 g/mol. The number of benzene rings is 1. The van der Waals surface area contributed by atoms with Crippen LogP contribution in [0.2, 0.25) is 0 Å². The van der Waals surface area contributed by atoms with Gasteiger partial charge in [0.25, 0.3) is 0 Å². The molecule has 0 N–H and O–H groups in total. The van der Waals surface area contributed by atoms with E-state index in [1.165, 1.54) is 0 Å². The summed E-state index contributed by atoms with van der Waals surface area (Å²) in [6.07, 6.45) is 5.78. The van der Waals surface area contributed by atoms with E-state index >= 15 is 0 Å². The molecule has 4 aromatic rings. The molecule has 0 saturated heterocycles. The van der Waals surface area contributed by atoms with E-state index in [2.05, 4.69) is 19.7 Å². The van der Waals surface area contributed by atoms with E-state index in [1.54, 1.807) is 43.4 Å². The second kappa shape index (κ2) is 7.36. The first-order chi connectivity index (χ1) is 14.2. The van der Waals surface area contributed by atoms with Gasteiger partial charge in [0.15, 0.2) is 11.0 Å². The molecular formula is C21H18N4O3S. The highest BCUT2D eigenvalue weighted by Gasteiger charge is 2.30. The van der Waals surface area contributed by atoms with Gasteiger partial charge in [-0.05, 0) is 42.7 Å². The summed E-state index contributed by atoms with van der Waals surface area (Å²) in [4.78, 5) is 16.1. The first-order valence-corrected chi connectivity index (χ1v) is 10.3. The molecule has 1 aromatic carbocycles. The van der Waals surface area contributed by atoms with Crippen molar-refractivity contribution >= 4 is 22.7 Å². The molecule has 3 heterocycles. The van der Waals surface area contributed by atoms with Crippen LogP contribution in [0.1, 0.15) is 24.4 Å². The standard InChI is InChI=1S/C21H18N4O3S/c1-27-16-4-5-17-14(10-19(26)28-18(17)11-16)12-29-21-24-23-20(25(21)15-2-3-15)13-6-8-22-9-7-13/h4-11,15H,2-3,12H2,1H3. The highest BCUT2D eigenvalue weighted by Crippen LogP contribution is 2.41. The normalized spacial score (nSPS) is 13.7. The highest BCUT2D eigenvalue weighted by atomic mass is 32.2. The summed E-state index contributed by atoms with van der Waals surface area (Å²) < 4.78 is 12.8. The van der Waals surface area contributed by atoms with E-state index < -0.39 is 0 Å². The van der Waals surface area contributed by atoms with Crippen molar-refractivity contribution in [3.05, 3.63) is 64.8 Å². The summed E-state index contributed by atoms with van der Waals surface area (Å²) in [7, 11) is 1.59. The summed E-state index contributed by atoms with van der Waals surface area (Å²) in [5.74, 6) is 2.11. The molecule has 8 heteroatoms. The zero-order valence-electron chi connectivity index (χ0n) is 15.7. The molecule has 1 aliphatic carbocycles. The lowest BCUT2D eigenvalue weighted by atomic mass is 10.1. The second-order valence-corrected chi connectivity index (χ2v) is 7.83. The molecule has 7 nitrogen and oxygen atoms in total. The molecule has 29 heavy (non-hydrogen) atoms. The Labute approximate surface area is 170 Å². The quantitative estimate of drug-likeness (QED) is 0.352. The predicted molar refractivity (Wildman–Crippen MR) is 110 cm³/mol. The van der Waals surface area contributed by atoms with E-state index in [4.69, 9.17) is 9.15 Å². The molecular weight excluding hydrogens is 388 g/mol. The van der Waals surface area contributed by atoms with Gasteiger partial charge >= 0.3 is 5.63 Å².